The van der Waals surface area contributed by atoms with Crippen molar-refractivity contribution in [2.45, 2.75) is 10.9 Å². The fourth-order valence-corrected chi connectivity index (χ4v) is 3.26. The van der Waals surface area contributed by atoms with Gasteiger partial charge in [-0.25, -0.2) is 26.7 Å². The van der Waals surface area contributed by atoms with Crippen molar-refractivity contribution < 1.29 is 31.9 Å². The van der Waals surface area contributed by atoms with E-state index in [1.807, 2.05) is 0 Å². The first-order valence-electron chi connectivity index (χ1n) is 4.75. The predicted molar refractivity (Wildman–Crippen MR) is 68.1 cm³/mol. The molecule has 2 N–H and O–H groups in total. The van der Waals surface area contributed by atoms with Gasteiger partial charge in [0.25, 0.3) is 0 Å². The highest BCUT2D eigenvalue weighted by Gasteiger charge is 2.26. The Morgan fingerprint density at radius 3 is 1.95 bits per heavy atom. The first-order chi connectivity index (χ1) is 9.31. The average Bonchev–Trinajstić information content (AvgIpc) is 2.42. The predicted octanol–water partition coefficient (Wildman–Crippen LogP) is 3.01. The smallest absolute Gasteiger partial charge is 0.322 e. The maximum Gasteiger partial charge on any atom is 0.322 e. The lowest BCUT2D eigenvalue weighted by Crippen LogP contribution is -2.33. The van der Waals surface area contributed by atoms with Crippen molar-refractivity contribution in [2.75, 3.05) is 5.75 Å². The van der Waals surface area contributed by atoms with Crippen LogP contribution in [0.15, 0.2) is 4.90 Å². The van der Waals surface area contributed by atoms with Gasteiger partial charge in [-0.2, -0.15) is 12.6 Å². The third kappa shape index (κ3) is 3.71. The quantitative estimate of drug-likeness (QED) is 0.184. The van der Waals surface area contributed by atoms with Crippen molar-refractivity contribution in [3.05, 3.63) is 29.1 Å². The Kier molecular flexibility index (Phi) is 6.43. The zero-order valence-corrected chi connectivity index (χ0v) is 11.8. The Hall–Kier alpha value is -0.650. The molecule has 0 amide bonds. The van der Waals surface area contributed by atoms with Gasteiger partial charge < -0.3 is 5.11 Å². The van der Waals surface area contributed by atoms with Crippen LogP contribution in [0.1, 0.15) is 0 Å². The van der Waals surface area contributed by atoms with E-state index >= 15 is 0 Å². The molecule has 20 heavy (non-hydrogen) atoms. The van der Waals surface area contributed by atoms with Crippen molar-refractivity contribution in [1.82, 2.24) is 4.72 Å². The van der Waals surface area contributed by atoms with E-state index in [1.54, 1.807) is 0 Å². The minimum atomic E-state index is -2.25. The summed E-state index contributed by atoms with van der Waals surface area (Å²) < 4.78 is 67.3. The number of nitrogens with one attached hydrogen (secondary N) is 1. The van der Waals surface area contributed by atoms with E-state index in [-0.39, 0.29) is 16.5 Å². The van der Waals surface area contributed by atoms with Crippen LogP contribution in [0.2, 0.25) is 0 Å². The molecule has 1 rings (SSSR count). The number of thiol groups is 1. The van der Waals surface area contributed by atoms with Gasteiger partial charge in [0.15, 0.2) is 23.3 Å². The zero-order valence-electron chi connectivity index (χ0n) is 9.29. The lowest BCUT2D eigenvalue weighted by molar-refractivity contribution is -0.138. The first-order valence-corrected chi connectivity index (χ1v) is 7.53. The molecule has 0 spiro atoms. The van der Waals surface area contributed by atoms with E-state index in [4.69, 9.17) is 5.11 Å². The number of carbonyl (C=O) groups is 1. The number of aliphatic carboxylic acids is 1. The molecular formula is C9H6F5NO2S3. The number of carboxylic acids is 1. The maximum absolute atomic E-state index is 13.3. The lowest BCUT2D eigenvalue weighted by atomic mass is 10.3. The Morgan fingerprint density at radius 2 is 1.55 bits per heavy atom. The molecule has 0 fully saturated rings. The molecular weight excluding hydrogens is 345 g/mol. The molecule has 0 aromatic heterocycles. The molecule has 11 heteroatoms. The monoisotopic (exact) mass is 351 g/mol. The summed E-state index contributed by atoms with van der Waals surface area (Å²) in [5.74, 6) is -11.7. The average molecular weight is 351 g/mol. The van der Waals surface area contributed by atoms with E-state index in [2.05, 4.69) is 17.4 Å². The van der Waals surface area contributed by atoms with E-state index in [9.17, 15) is 26.7 Å². The van der Waals surface area contributed by atoms with Gasteiger partial charge in [0.2, 0.25) is 5.82 Å². The van der Waals surface area contributed by atoms with Crippen LogP contribution >= 0.6 is 34.4 Å². The topological polar surface area (TPSA) is 49.3 Å². The number of carboxylic acid groups (broad SMARTS) is 1. The summed E-state index contributed by atoms with van der Waals surface area (Å²) in [6, 6.07) is -1.14. The van der Waals surface area contributed by atoms with Gasteiger partial charge in [-0.15, -0.1) is 0 Å². The number of hydrogen-bond donors (Lipinski definition) is 3. The van der Waals surface area contributed by atoms with Crippen LogP contribution in [-0.2, 0) is 4.79 Å². The molecule has 0 radical (unpaired) electrons. The van der Waals surface area contributed by atoms with Crippen LogP contribution in [-0.4, -0.2) is 22.9 Å². The van der Waals surface area contributed by atoms with Crippen molar-refractivity contribution in [1.29, 1.82) is 0 Å². The molecule has 1 atom stereocenters. The summed E-state index contributed by atoms with van der Waals surface area (Å²) >= 11 is 3.72. The second-order valence-electron chi connectivity index (χ2n) is 3.26. The highest BCUT2D eigenvalue weighted by Crippen LogP contribution is 2.36. The largest absolute Gasteiger partial charge is 0.480 e. The Morgan fingerprint density at radius 1 is 1.10 bits per heavy atom. The van der Waals surface area contributed by atoms with Crippen LogP contribution in [0, 0.1) is 29.1 Å². The van der Waals surface area contributed by atoms with Gasteiger partial charge in [0.1, 0.15) is 6.04 Å². The molecule has 0 bridgehead atoms. The summed E-state index contributed by atoms with van der Waals surface area (Å²) in [5, 5.41) is 8.65. The van der Waals surface area contributed by atoms with Gasteiger partial charge in [0, 0.05) is 5.75 Å². The van der Waals surface area contributed by atoms with Gasteiger partial charge in [0.05, 0.1) is 4.90 Å². The van der Waals surface area contributed by atoms with E-state index in [1.165, 1.54) is 0 Å². The Bertz CT molecular complexity index is 502. The molecule has 0 saturated heterocycles. The van der Waals surface area contributed by atoms with Crippen molar-refractivity contribution in [3.63, 3.8) is 0 Å². The number of halogens is 5. The zero-order chi connectivity index (χ0) is 15.4. The van der Waals surface area contributed by atoms with Crippen molar-refractivity contribution >= 4 is 40.4 Å². The van der Waals surface area contributed by atoms with Gasteiger partial charge in [-0.3, -0.25) is 4.79 Å². The van der Waals surface area contributed by atoms with Crippen molar-refractivity contribution in [3.8, 4) is 0 Å². The molecule has 1 unspecified atom stereocenters. The van der Waals surface area contributed by atoms with Crippen LogP contribution in [0.4, 0.5) is 22.0 Å². The number of hydrogen-bond acceptors (Lipinski definition) is 5. The van der Waals surface area contributed by atoms with Gasteiger partial charge in [-0.1, -0.05) is 0 Å². The molecule has 1 aromatic rings. The van der Waals surface area contributed by atoms with E-state index in [0.29, 0.717) is 11.0 Å². The van der Waals surface area contributed by atoms with E-state index < -0.39 is 46.0 Å². The molecule has 0 aliphatic heterocycles. The molecule has 1 aromatic carbocycles. The number of benzene rings is 1. The molecule has 0 aliphatic rings. The molecule has 0 heterocycles. The van der Waals surface area contributed by atoms with Gasteiger partial charge in [-0.05, 0) is 21.8 Å². The lowest BCUT2D eigenvalue weighted by Gasteiger charge is -2.11. The van der Waals surface area contributed by atoms with Crippen LogP contribution in [0.25, 0.3) is 0 Å². The first kappa shape index (κ1) is 17.4. The highest BCUT2D eigenvalue weighted by atomic mass is 33.1. The minimum absolute atomic E-state index is 0.125. The van der Waals surface area contributed by atoms with E-state index in [0.717, 1.165) is 0 Å². The maximum atomic E-state index is 13.3. The summed E-state index contributed by atoms with van der Waals surface area (Å²) in [7, 11) is 0.604. The van der Waals surface area contributed by atoms with Crippen LogP contribution in [0.5, 0.6) is 0 Å². The molecule has 3 nitrogen and oxygen atoms in total. The second kappa shape index (κ2) is 7.38. The highest BCUT2D eigenvalue weighted by molar-refractivity contribution is 8.76. The van der Waals surface area contributed by atoms with Crippen LogP contribution in [0.3, 0.4) is 0 Å². The molecule has 112 valence electrons. The third-order valence-electron chi connectivity index (χ3n) is 1.97. The standard InChI is InChI=1S/C9H6F5NO2S3/c10-3-4(11)6(13)8(7(14)5(3)12)19-20-15-2(1-18)9(16)17/h2,15,18H,1H2,(H,16,17). The summed E-state index contributed by atoms with van der Waals surface area (Å²) in [6.07, 6.45) is 0. The SMILES string of the molecule is O=C(O)C(CS)NSSc1c(F)c(F)c(F)c(F)c1F. The van der Waals surface area contributed by atoms with Gasteiger partial charge >= 0.3 is 5.97 Å². The Labute approximate surface area is 123 Å². The van der Waals surface area contributed by atoms with Crippen molar-refractivity contribution in [2.24, 2.45) is 0 Å². The summed E-state index contributed by atoms with van der Waals surface area (Å²) in [5.41, 5.74) is 0. The normalized spacial score (nSPS) is 12.5. The Balaban J connectivity index is 2.86. The van der Waals surface area contributed by atoms with Crippen LogP contribution < -0.4 is 4.72 Å². The summed E-state index contributed by atoms with van der Waals surface area (Å²) in [4.78, 5) is 9.50. The third-order valence-corrected chi connectivity index (χ3v) is 4.36. The number of rotatable bonds is 6. The summed E-state index contributed by atoms with van der Waals surface area (Å²) in [6.45, 7) is 0. The molecule has 0 saturated carbocycles. The fourth-order valence-electron chi connectivity index (χ4n) is 0.947. The fraction of sp³-hybridized carbons (Fsp3) is 0.222. The molecule has 0 aliphatic carbocycles. The second-order valence-corrected chi connectivity index (χ2v) is 5.60. The minimum Gasteiger partial charge on any atom is -0.480 e.